The van der Waals surface area contributed by atoms with Gasteiger partial charge in [-0.2, -0.15) is 0 Å². The van der Waals surface area contributed by atoms with Gasteiger partial charge in [-0.1, -0.05) is 0 Å². The lowest BCUT2D eigenvalue weighted by molar-refractivity contribution is 0.720. The molecule has 72 valence electrons. The molecule has 5 heteroatoms. The van der Waals surface area contributed by atoms with Crippen LogP contribution < -0.4 is 5.73 Å². The fourth-order valence-corrected chi connectivity index (χ4v) is 1.25. The quantitative estimate of drug-likeness (QED) is 0.747. The zero-order valence-corrected chi connectivity index (χ0v) is 7.67. The lowest BCUT2D eigenvalue weighted by Gasteiger charge is -2.04. The summed E-state index contributed by atoms with van der Waals surface area (Å²) in [5.74, 6) is 0. The van der Waals surface area contributed by atoms with Gasteiger partial charge in [0.05, 0.1) is 24.3 Å². The summed E-state index contributed by atoms with van der Waals surface area (Å²) < 4.78 is 1.97. The summed E-state index contributed by atoms with van der Waals surface area (Å²) in [4.78, 5) is 12.0. The third kappa shape index (κ3) is 1.77. The van der Waals surface area contributed by atoms with Crippen LogP contribution in [0.5, 0.6) is 0 Å². The second-order valence-corrected chi connectivity index (χ2v) is 2.92. The van der Waals surface area contributed by atoms with Gasteiger partial charge >= 0.3 is 0 Å². The zero-order chi connectivity index (χ0) is 9.80. The van der Waals surface area contributed by atoms with E-state index in [1.54, 1.807) is 18.7 Å². The Morgan fingerprint density at radius 3 is 3.00 bits per heavy atom. The van der Waals surface area contributed by atoms with E-state index in [1.807, 2.05) is 10.6 Å². The molecule has 2 rings (SSSR count). The first-order valence-corrected chi connectivity index (χ1v) is 4.34. The maximum atomic E-state index is 5.56. The molecule has 0 unspecified atom stereocenters. The van der Waals surface area contributed by atoms with Crippen molar-refractivity contribution in [2.24, 2.45) is 5.73 Å². The summed E-state index contributed by atoms with van der Waals surface area (Å²) in [7, 11) is 0. The minimum Gasteiger partial charge on any atom is -0.327 e. The molecule has 0 aromatic carbocycles. The van der Waals surface area contributed by atoms with E-state index in [4.69, 9.17) is 5.73 Å². The molecule has 0 radical (unpaired) electrons. The zero-order valence-electron chi connectivity index (χ0n) is 7.67. The number of nitrogens with two attached hydrogens (primary N) is 1. The van der Waals surface area contributed by atoms with Gasteiger partial charge in [-0.15, -0.1) is 0 Å². The van der Waals surface area contributed by atoms with E-state index in [0.717, 1.165) is 11.4 Å². The Bertz CT molecular complexity index is 395. The number of hydrogen-bond acceptors (Lipinski definition) is 4. The minimum atomic E-state index is 0.491. The molecular formula is C9H11N5. The standard InChI is InChI=1S/C9H11N5/c10-3-9-4-12-7-14(9)5-8-1-2-11-6-13-8/h1-2,4,6-7H,3,5,10H2. The Morgan fingerprint density at radius 1 is 1.36 bits per heavy atom. The van der Waals surface area contributed by atoms with Gasteiger partial charge in [0.1, 0.15) is 6.33 Å². The van der Waals surface area contributed by atoms with Crippen molar-refractivity contribution >= 4 is 0 Å². The molecule has 0 saturated heterocycles. The molecule has 0 atom stereocenters. The average molecular weight is 189 g/mol. The lowest BCUT2D eigenvalue weighted by atomic mass is 10.4. The van der Waals surface area contributed by atoms with Crippen LogP contribution in [0.3, 0.4) is 0 Å². The maximum absolute atomic E-state index is 5.56. The Hall–Kier alpha value is -1.75. The molecule has 0 amide bonds. The Balaban J connectivity index is 2.19. The highest BCUT2D eigenvalue weighted by molar-refractivity contribution is 5.04. The van der Waals surface area contributed by atoms with Crippen molar-refractivity contribution in [3.63, 3.8) is 0 Å². The lowest BCUT2D eigenvalue weighted by Crippen LogP contribution is -2.08. The molecule has 2 N–H and O–H groups in total. The minimum absolute atomic E-state index is 0.491. The highest BCUT2D eigenvalue weighted by Crippen LogP contribution is 2.02. The topological polar surface area (TPSA) is 69.6 Å². The molecule has 2 aromatic heterocycles. The average Bonchev–Trinajstić information content (AvgIpc) is 2.67. The first kappa shape index (κ1) is 8.83. The van der Waals surface area contributed by atoms with Crippen LogP contribution in [-0.4, -0.2) is 19.5 Å². The molecular weight excluding hydrogens is 178 g/mol. The van der Waals surface area contributed by atoms with Crippen LogP contribution in [0.4, 0.5) is 0 Å². The second kappa shape index (κ2) is 3.97. The first-order valence-electron chi connectivity index (χ1n) is 4.34. The summed E-state index contributed by atoms with van der Waals surface area (Å²) in [6, 6.07) is 1.88. The molecule has 5 nitrogen and oxygen atoms in total. The van der Waals surface area contributed by atoms with Crippen LogP contribution in [0, 0.1) is 0 Å². The predicted octanol–water partition coefficient (Wildman–Crippen LogP) is 0.180. The van der Waals surface area contributed by atoms with Crippen molar-refractivity contribution in [2.75, 3.05) is 0 Å². The van der Waals surface area contributed by atoms with E-state index in [9.17, 15) is 0 Å². The summed E-state index contributed by atoms with van der Waals surface area (Å²) >= 11 is 0. The van der Waals surface area contributed by atoms with Crippen molar-refractivity contribution in [3.8, 4) is 0 Å². The Labute approximate surface area is 81.6 Å². The molecule has 0 saturated carbocycles. The molecule has 0 aliphatic carbocycles. The monoisotopic (exact) mass is 189 g/mol. The fraction of sp³-hybridized carbons (Fsp3) is 0.222. The number of aromatic nitrogens is 4. The van der Waals surface area contributed by atoms with Crippen LogP contribution in [0.15, 0.2) is 31.1 Å². The van der Waals surface area contributed by atoms with Crippen molar-refractivity contribution in [1.82, 2.24) is 19.5 Å². The van der Waals surface area contributed by atoms with E-state index in [1.165, 1.54) is 6.33 Å². The SMILES string of the molecule is NCc1cncn1Cc1ccncn1. The van der Waals surface area contributed by atoms with Crippen LogP contribution in [0.25, 0.3) is 0 Å². The molecule has 2 aromatic rings. The smallest absolute Gasteiger partial charge is 0.115 e. The van der Waals surface area contributed by atoms with E-state index >= 15 is 0 Å². The molecule has 0 aliphatic heterocycles. The van der Waals surface area contributed by atoms with Crippen LogP contribution in [0.2, 0.25) is 0 Å². The number of hydrogen-bond donors (Lipinski definition) is 1. The van der Waals surface area contributed by atoms with E-state index in [0.29, 0.717) is 13.1 Å². The highest BCUT2D eigenvalue weighted by atomic mass is 15.1. The van der Waals surface area contributed by atoms with Crippen molar-refractivity contribution in [3.05, 3.63) is 42.5 Å². The molecule has 0 spiro atoms. The fourth-order valence-electron chi connectivity index (χ4n) is 1.25. The van der Waals surface area contributed by atoms with Crippen molar-refractivity contribution < 1.29 is 0 Å². The van der Waals surface area contributed by atoms with Crippen LogP contribution in [-0.2, 0) is 13.1 Å². The molecule has 2 heterocycles. The van der Waals surface area contributed by atoms with Gasteiger partial charge in [-0.05, 0) is 6.07 Å². The Kier molecular flexibility index (Phi) is 2.51. The predicted molar refractivity (Wildman–Crippen MR) is 51.3 cm³/mol. The molecule has 0 bridgehead atoms. The summed E-state index contributed by atoms with van der Waals surface area (Å²) in [5, 5.41) is 0. The van der Waals surface area contributed by atoms with Gasteiger partial charge < -0.3 is 10.3 Å². The molecule has 0 fully saturated rings. The van der Waals surface area contributed by atoms with E-state index in [2.05, 4.69) is 15.0 Å². The van der Waals surface area contributed by atoms with Crippen molar-refractivity contribution in [2.45, 2.75) is 13.1 Å². The van der Waals surface area contributed by atoms with Gasteiger partial charge in [-0.3, -0.25) is 0 Å². The van der Waals surface area contributed by atoms with Crippen molar-refractivity contribution in [1.29, 1.82) is 0 Å². The number of imidazole rings is 1. The van der Waals surface area contributed by atoms with Gasteiger partial charge in [-0.25, -0.2) is 15.0 Å². The molecule has 0 aliphatic rings. The van der Waals surface area contributed by atoms with Crippen LogP contribution in [0.1, 0.15) is 11.4 Å². The van der Waals surface area contributed by atoms with Crippen LogP contribution >= 0.6 is 0 Å². The summed E-state index contributed by atoms with van der Waals surface area (Å²) in [5.41, 5.74) is 7.51. The first-order chi connectivity index (χ1) is 6.90. The van der Waals surface area contributed by atoms with Gasteiger partial charge in [0.2, 0.25) is 0 Å². The third-order valence-corrected chi connectivity index (χ3v) is 1.98. The van der Waals surface area contributed by atoms with Gasteiger partial charge in [0.15, 0.2) is 0 Å². The van der Waals surface area contributed by atoms with E-state index < -0.39 is 0 Å². The molecule has 14 heavy (non-hydrogen) atoms. The summed E-state index contributed by atoms with van der Waals surface area (Å²) in [6.07, 6.45) is 6.78. The summed E-state index contributed by atoms with van der Waals surface area (Å²) in [6.45, 7) is 1.18. The van der Waals surface area contributed by atoms with E-state index in [-0.39, 0.29) is 0 Å². The number of rotatable bonds is 3. The maximum Gasteiger partial charge on any atom is 0.115 e. The number of nitrogens with zero attached hydrogens (tertiary/aromatic N) is 4. The normalized spacial score (nSPS) is 10.4. The van der Waals surface area contributed by atoms with Gasteiger partial charge in [0, 0.05) is 18.9 Å². The highest BCUT2D eigenvalue weighted by Gasteiger charge is 2.00. The third-order valence-electron chi connectivity index (χ3n) is 1.98. The largest absolute Gasteiger partial charge is 0.327 e. The van der Waals surface area contributed by atoms with Gasteiger partial charge in [0.25, 0.3) is 0 Å². The Morgan fingerprint density at radius 2 is 2.29 bits per heavy atom. The second-order valence-electron chi connectivity index (χ2n) is 2.92.